The highest BCUT2D eigenvalue weighted by Gasteiger charge is 2.33. The fraction of sp³-hybridized carbons (Fsp3) is 0.333. The monoisotopic (exact) mass is 305 g/mol. The van der Waals surface area contributed by atoms with Crippen LogP contribution in [-0.4, -0.2) is 24.8 Å². The lowest BCUT2D eigenvalue weighted by molar-refractivity contribution is -0.137. The first kappa shape index (κ1) is 14.6. The molecular weight excluding hydrogens is 295 g/mol. The van der Waals surface area contributed by atoms with E-state index in [1.165, 1.54) is 6.07 Å². The van der Waals surface area contributed by atoms with Gasteiger partial charge in [-0.05, 0) is 24.6 Å². The van der Waals surface area contributed by atoms with Crippen LogP contribution in [0.25, 0.3) is 0 Å². The molecule has 1 amide bonds. The van der Waals surface area contributed by atoms with E-state index in [1.807, 2.05) is 0 Å². The van der Waals surface area contributed by atoms with Gasteiger partial charge in [0.25, 0.3) is 5.91 Å². The molecule has 0 radical (unpaired) electrons. The van der Waals surface area contributed by atoms with Crippen LogP contribution in [-0.2, 0) is 11.0 Å². The first-order chi connectivity index (χ1) is 9.38. The number of carbonyl (C=O) groups is 1. The first-order valence-electron chi connectivity index (χ1n) is 5.84. The molecule has 1 aliphatic rings. The number of nitrogens with zero attached hydrogens (tertiary/aromatic N) is 1. The van der Waals surface area contributed by atoms with Crippen molar-refractivity contribution in [2.75, 3.05) is 18.4 Å². The number of alkyl halides is 3. The molecule has 108 valence electrons. The maximum Gasteiger partial charge on any atom is 0.417 e. The number of benzene rings is 1. The van der Waals surface area contributed by atoms with Crippen LogP contribution in [0.4, 0.5) is 18.9 Å². The van der Waals surface area contributed by atoms with Crippen LogP contribution in [0.15, 0.2) is 23.2 Å². The van der Waals surface area contributed by atoms with Crippen molar-refractivity contribution in [1.82, 2.24) is 5.32 Å². The number of hydrogen-bond donors (Lipinski definition) is 2. The van der Waals surface area contributed by atoms with Crippen molar-refractivity contribution >= 4 is 29.0 Å². The molecule has 2 rings (SSSR count). The number of halogens is 4. The molecule has 1 aliphatic heterocycles. The van der Waals surface area contributed by atoms with E-state index in [1.54, 1.807) is 0 Å². The standard InChI is InChI=1S/C12H11ClF3N3O/c13-9-3-2-7(6-8(9)12(14,15)16)19-11(20)10-17-4-1-5-18-10/h2-3,6H,1,4-5H2,(H,17,18)(H,19,20). The van der Waals surface area contributed by atoms with Crippen molar-refractivity contribution in [2.45, 2.75) is 12.6 Å². The third-order valence-electron chi connectivity index (χ3n) is 2.64. The number of anilines is 1. The van der Waals surface area contributed by atoms with Crippen LogP contribution in [0.2, 0.25) is 5.02 Å². The van der Waals surface area contributed by atoms with E-state index in [0.717, 1.165) is 18.6 Å². The van der Waals surface area contributed by atoms with E-state index in [9.17, 15) is 18.0 Å². The topological polar surface area (TPSA) is 53.5 Å². The van der Waals surface area contributed by atoms with E-state index >= 15 is 0 Å². The number of nitrogens with one attached hydrogen (secondary N) is 2. The molecule has 20 heavy (non-hydrogen) atoms. The SMILES string of the molecule is O=C(Nc1ccc(Cl)c(C(F)(F)F)c1)C1=NCCCN1. The van der Waals surface area contributed by atoms with E-state index in [0.29, 0.717) is 13.1 Å². The van der Waals surface area contributed by atoms with Crippen LogP contribution in [0.1, 0.15) is 12.0 Å². The molecular formula is C12H11ClF3N3O. The normalized spacial score (nSPS) is 15.3. The second-order valence-corrected chi connectivity index (χ2v) is 4.56. The van der Waals surface area contributed by atoms with E-state index < -0.39 is 22.7 Å². The average Bonchev–Trinajstić information content (AvgIpc) is 2.40. The molecule has 1 aromatic carbocycles. The number of amidine groups is 1. The second-order valence-electron chi connectivity index (χ2n) is 4.16. The molecule has 0 aliphatic carbocycles. The maximum atomic E-state index is 12.7. The summed E-state index contributed by atoms with van der Waals surface area (Å²) in [4.78, 5) is 15.8. The quantitative estimate of drug-likeness (QED) is 0.882. The Morgan fingerprint density at radius 2 is 2.15 bits per heavy atom. The molecule has 0 unspecified atom stereocenters. The van der Waals surface area contributed by atoms with Gasteiger partial charge in [-0.25, -0.2) is 0 Å². The predicted molar refractivity (Wildman–Crippen MR) is 70.0 cm³/mol. The first-order valence-corrected chi connectivity index (χ1v) is 6.22. The molecule has 0 atom stereocenters. The summed E-state index contributed by atoms with van der Waals surface area (Å²) in [7, 11) is 0. The molecule has 4 nitrogen and oxygen atoms in total. The summed E-state index contributed by atoms with van der Waals surface area (Å²) in [5, 5.41) is 4.73. The van der Waals surface area contributed by atoms with Gasteiger partial charge in [-0.15, -0.1) is 0 Å². The Kier molecular flexibility index (Phi) is 4.17. The molecule has 8 heteroatoms. The maximum absolute atomic E-state index is 12.7. The Morgan fingerprint density at radius 1 is 1.40 bits per heavy atom. The van der Waals surface area contributed by atoms with Gasteiger partial charge >= 0.3 is 6.18 Å². The number of rotatable bonds is 2. The smallest absolute Gasteiger partial charge is 0.366 e. The molecule has 0 aromatic heterocycles. The number of aliphatic imine (C=N–C) groups is 1. The van der Waals surface area contributed by atoms with Crippen LogP contribution >= 0.6 is 11.6 Å². The lowest BCUT2D eigenvalue weighted by Gasteiger charge is -2.15. The average molecular weight is 306 g/mol. The van der Waals surface area contributed by atoms with Gasteiger partial charge in [0.2, 0.25) is 0 Å². The zero-order valence-electron chi connectivity index (χ0n) is 10.2. The molecule has 0 spiro atoms. The van der Waals surface area contributed by atoms with Crippen molar-refractivity contribution in [2.24, 2.45) is 4.99 Å². The molecule has 0 fully saturated rings. The van der Waals surface area contributed by atoms with E-state index in [2.05, 4.69) is 15.6 Å². The van der Waals surface area contributed by atoms with Gasteiger partial charge in [-0.2, -0.15) is 13.2 Å². The largest absolute Gasteiger partial charge is 0.417 e. The van der Waals surface area contributed by atoms with Crippen molar-refractivity contribution in [1.29, 1.82) is 0 Å². The molecule has 0 saturated heterocycles. The fourth-order valence-electron chi connectivity index (χ4n) is 1.70. The zero-order valence-corrected chi connectivity index (χ0v) is 11.0. The van der Waals surface area contributed by atoms with Gasteiger partial charge in [-0.1, -0.05) is 11.6 Å². The highest BCUT2D eigenvalue weighted by atomic mass is 35.5. The summed E-state index contributed by atoms with van der Waals surface area (Å²) in [6.07, 6.45) is -3.76. The van der Waals surface area contributed by atoms with Crippen LogP contribution in [0.3, 0.4) is 0 Å². The predicted octanol–water partition coefficient (Wildman–Crippen LogP) is 2.69. The summed E-state index contributed by atoms with van der Waals surface area (Å²) in [5.74, 6) is -0.445. The molecule has 1 aromatic rings. The number of hydrogen-bond acceptors (Lipinski definition) is 3. The van der Waals surface area contributed by atoms with Gasteiger partial charge in [0, 0.05) is 18.8 Å². The summed E-state index contributed by atoms with van der Waals surface area (Å²) >= 11 is 5.50. The van der Waals surface area contributed by atoms with Crippen LogP contribution in [0.5, 0.6) is 0 Å². The fourth-order valence-corrected chi connectivity index (χ4v) is 1.92. The Bertz CT molecular complexity index is 557. The van der Waals surface area contributed by atoms with Crippen molar-refractivity contribution in [3.63, 3.8) is 0 Å². The lowest BCUT2D eigenvalue weighted by atomic mass is 10.2. The van der Waals surface area contributed by atoms with E-state index in [-0.39, 0.29) is 11.5 Å². The Labute approximate surface area is 118 Å². The summed E-state index contributed by atoms with van der Waals surface area (Å²) in [6.45, 7) is 1.13. The minimum Gasteiger partial charge on any atom is -0.366 e. The van der Waals surface area contributed by atoms with Crippen molar-refractivity contribution in [3.8, 4) is 0 Å². The van der Waals surface area contributed by atoms with Gasteiger partial charge in [-0.3, -0.25) is 9.79 Å². The van der Waals surface area contributed by atoms with Gasteiger partial charge in [0.1, 0.15) is 0 Å². The third kappa shape index (κ3) is 3.41. The Hall–Kier alpha value is -1.76. The Balaban J connectivity index is 2.18. The number of amides is 1. The van der Waals surface area contributed by atoms with Gasteiger partial charge < -0.3 is 10.6 Å². The summed E-state index contributed by atoms with van der Waals surface area (Å²) in [6, 6.07) is 3.19. The van der Waals surface area contributed by atoms with Crippen molar-refractivity contribution < 1.29 is 18.0 Å². The van der Waals surface area contributed by atoms with Crippen molar-refractivity contribution in [3.05, 3.63) is 28.8 Å². The van der Waals surface area contributed by atoms with Gasteiger partial charge in [0.15, 0.2) is 5.84 Å². The van der Waals surface area contributed by atoms with Crippen LogP contribution in [0, 0.1) is 0 Å². The van der Waals surface area contributed by atoms with Crippen LogP contribution < -0.4 is 10.6 Å². The van der Waals surface area contributed by atoms with E-state index in [4.69, 9.17) is 11.6 Å². The second kappa shape index (κ2) is 5.70. The summed E-state index contributed by atoms with van der Waals surface area (Å²) in [5.41, 5.74) is -0.975. The minimum atomic E-state index is -4.57. The highest BCUT2D eigenvalue weighted by molar-refractivity contribution is 6.42. The molecule has 0 bridgehead atoms. The molecule has 2 N–H and O–H groups in total. The molecule has 1 heterocycles. The Morgan fingerprint density at radius 3 is 2.75 bits per heavy atom. The minimum absolute atomic E-state index is 0.0156. The third-order valence-corrected chi connectivity index (χ3v) is 2.97. The molecule has 0 saturated carbocycles. The number of carbonyl (C=O) groups excluding carboxylic acids is 1. The zero-order chi connectivity index (χ0) is 14.8. The summed E-state index contributed by atoms with van der Waals surface area (Å²) < 4.78 is 38.1. The highest BCUT2D eigenvalue weighted by Crippen LogP contribution is 2.36. The lowest BCUT2D eigenvalue weighted by Crippen LogP contribution is -2.39. The van der Waals surface area contributed by atoms with Gasteiger partial charge in [0.05, 0.1) is 10.6 Å².